The topological polar surface area (TPSA) is 12.5 Å². The molecule has 17 heavy (non-hydrogen) atoms. The molecule has 2 atom stereocenters. The zero-order valence-electron chi connectivity index (χ0n) is 9.56. The highest BCUT2D eigenvalue weighted by molar-refractivity contribution is 5.37. The number of benzene rings is 2. The Bertz CT molecular complexity index is 476. The van der Waals surface area contributed by atoms with Crippen molar-refractivity contribution in [1.29, 1.82) is 0 Å². The first-order chi connectivity index (χ1) is 8.17. The number of rotatable bonds is 2. The lowest BCUT2D eigenvalue weighted by atomic mass is 9.92. The molecule has 2 aromatic rings. The highest BCUT2D eigenvalue weighted by Crippen LogP contribution is 2.62. The van der Waals surface area contributed by atoms with E-state index in [-0.39, 0.29) is 0 Å². The van der Waals surface area contributed by atoms with Crippen molar-refractivity contribution in [3.8, 4) is 0 Å². The van der Waals surface area contributed by atoms with Gasteiger partial charge in [0.25, 0.3) is 5.85 Å². The van der Waals surface area contributed by atoms with E-state index in [1.807, 2.05) is 48.5 Å². The Morgan fingerprint density at radius 1 is 0.824 bits per heavy atom. The monoisotopic (exact) mass is 228 g/mol. The zero-order valence-corrected chi connectivity index (χ0v) is 9.56. The van der Waals surface area contributed by atoms with Crippen LogP contribution in [0.15, 0.2) is 60.7 Å². The van der Waals surface area contributed by atoms with Crippen LogP contribution < -0.4 is 0 Å². The number of alkyl halides is 1. The highest BCUT2D eigenvalue weighted by atomic mass is 19.2. The summed E-state index contributed by atoms with van der Waals surface area (Å²) in [6.45, 7) is 1.79. The van der Waals surface area contributed by atoms with E-state index in [0.29, 0.717) is 5.56 Å². The molecule has 0 spiro atoms. The Hall–Kier alpha value is -1.67. The predicted octanol–water partition coefficient (Wildman–Crippen LogP) is 3.75. The lowest BCUT2D eigenvalue weighted by Gasteiger charge is -2.10. The van der Waals surface area contributed by atoms with E-state index < -0.39 is 11.5 Å². The standard InChI is InChI=1S/C15H13FO/c1-14(12-8-4-2-5-9-12)15(16,17-14)13-10-6-3-7-11-13/h2-11H,1H3. The number of hydrogen-bond acceptors (Lipinski definition) is 1. The van der Waals surface area contributed by atoms with E-state index in [1.54, 1.807) is 19.1 Å². The molecule has 1 heterocycles. The summed E-state index contributed by atoms with van der Waals surface area (Å²) >= 11 is 0. The van der Waals surface area contributed by atoms with Crippen LogP contribution in [0.5, 0.6) is 0 Å². The molecule has 3 rings (SSSR count). The van der Waals surface area contributed by atoms with Crippen LogP contribution in [0, 0.1) is 0 Å². The number of halogens is 1. The van der Waals surface area contributed by atoms with Crippen molar-refractivity contribution >= 4 is 0 Å². The molecule has 0 N–H and O–H groups in total. The van der Waals surface area contributed by atoms with Gasteiger partial charge in [0.05, 0.1) is 0 Å². The molecule has 2 unspecified atom stereocenters. The van der Waals surface area contributed by atoms with Gasteiger partial charge in [-0.15, -0.1) is 0 Å². The molecule has 0 saturated carbocycles. The van der Waals surface area contributed by atoms with Crippen LogP contribution >= 0.6 is 0 Å². The van der Waals surface area contributed by atoms with Crippen LogP contribution in [0.2, 0.25) is 0 Å². The first-order valence-electron chi connectivity index (χ1n) is 5.67. The zero-order chi connectivity index (χ0) is 11.9. The summed E-state index contributed by atoms with van der Waals surface area (Å²) in [7, 11) is 0. The van der Waals surface area contributed by atoms with E-state index >= 15 is 0 Å². The highest BCUT2D eigenvalue weighted by Gasteiger charge is 2.70. The Labute approximate surface area is 99.9 Å². The van der Waals surface area contributed by atoms with E-state index in [9.17, 15) is 4.39 Å². The van der Waals surface area contributed by atoms with Gasteiger partial charge in [0.1, 0.15) is 0 Å². The van der Waals surface area contributed by atoms with Gasteiger partial charge >= 0.3 is 0 Å². The van der Waals surface area contributed by atoms with Crippen molar-refractivity contribution in [2.45, 2.75) is 18.4 Å². The van der Waals surface area contributed by atoms with Crippen molar-refractivity contribution in [3.05, 3.63) is 71.8 Å². The molecule has 86 valence electrons. The lowest BCUT2D eigenvalue weighted by Crippen LogP contribution is -2.14. The molecule has 0 aliphatic carbocycles. The Morgan fingerprint density at radius 3 is 1.82 bits per heavy atom. The third-order valence-electron chi connectivity index (χ3n) is 3.39. The fourth-order valence-corrected chi connectivity index (χ4v) is 2.24. The molecule has 1 saturated heterocycles. The first-order valence-corrected chi connectivity index (χ1v) is 5.67. The second-order valence-electron chi connectivity index (χ2n) is 4.46. The Balaban J connectivity index is 2.00. The SMILES string of the molecule is CC1(c2ccccc2)OC1(F)c1ccccc1. The van der Waals surface area contributed by atoms with Gasteiger partial charge in [-0.1, -0.05) is 60.7 Å². The average molecular weight is 228 g/mol. The van der Waals surface area contributed by atoms with Gasteiger partial charge in [0, 0.05) is 5.56 Å². The second kappa shape index (κ2) is 3.41. The molecule has 2 heteroatoms. The van der Waals surface area contributed by atoms with Gasteiger partial charge < -0.3 is 4.74 Å². The second-order valence-corrected chi connectivity index (χ2v) is 4.46. The van der Waals surface area contributed by atoms with Gasteiger partial charge in [0.15, 0.2) is 5.60 Å². The molecular weight excluding hydrogens is 215 g/mol. The van der Waals surface area contributed by atoms with Crippen molar-refractivity contribution in [1.82, 2.24) is 0 Å². The van der Waals surface area contributed by atoms with Crippen molar-refractivity contribution in [2.24, 2.45) is 0 Å². The number of epoxide rings is 1. The van der Waals surface area contributed by atoms with Crippen LogP contribution in [0.25, 0.3) is 0 Å². The van der Waals surface area contributed by atoms with Gasteiger partial charge in [-0.25, -0.2) is 4.39 Å². The molecule has 1 aliphatic heterocycles. The summed E-state index contributed by atoms with van der Waals surface area (Å²) in [5.74, 6) is -1.70. The lowest BCUT2D eigenvalue weighted by molar-refractivity contribution is 0.140. The Kier molecular flexibility index (Phi) is 2.10. The third kappa shape index (κ3) is 1.41. The minimum atomic E-state index is -1.70. The van der Waals surface area contributed by atoms with E-state index in [0.717, 1.165) is 5.56 Å². The van der Waals surface area contributed by atoms with Crippen molar-refractivity contribution in [3.63, 3.8) is 0 Å². The van der Waals surface area contributed by atoms with Crippen molar-refractivity contribution < 1.29 is 9.13 Å². The van der Waals surface area contributed by atoms with Gasteiger partial charge in [-0.2, -0.15) is 0 Å². The third-order valence-corrected chi connectivity index (χ3v) is 3.39. The molecular formula is C15H13FO. The summed E-state index contributed by atoms with van der Waals surface area (Å²) in [5, 5.41) is 0. The number of hydrogen-bond donors (Lipinski definition) is 0. The molecule has 0 aromatic heterocycles. The molecule has 1 aliphatic rings. The molecule has 0 bridgehead atoms. The van der Waals surface area contributed by atoms with E-state index in [1.165, 1.54) is 0 Å². The molecule has 0 amide bonds. The van der Waals surface area contributed by atoms with Crippen LogP contribution in [0.4, 0.5) is 4.39 Å². The molecule has 0 radical (unpaired) electrons. The first kappa shape index (κ1) is 10.5. The summed E-state index contributed by atoms with van der Waals surface area (Å²) in [5.41, 5.74) is 0.577. The van der Waals surface area contributed by atoms with E-state index in [4.69, 9.17) is 4.74 Å². The van der Waals surface area contributed by atoms with Crippen molar-refractivity contribution in [2.75, 3.05) is 0 Å². The maximum atomic E-state index is 14.7. The van der Waals surface area contributed by atoms with Crippen LogP contribution in [-0.2, 0) is 16.2 Å². The summed E-state index contributed by atoms with van der Waals surface area (Å²) in [4.78, 5) is 0. The smallest absolute Gasteiger partial charge is 0.269 e. The Morgan fingerprint density at radius 2 is 1.29 bits per heavy atom. The van der Waals surface area contributed by atoms with Gasteiger partial charge in [-0.05, 0) is 12.5 Å². The summed E-state index contributed by atoms with van der Waals surface area (Å²) in [6, 6.07) is 18.5. The summed E-state index contributed by atoms with van der Waals surface area (Å²) in [6.07, 6.45) is 0. The fraction of sp³-hybridized carbons (Fsp3) is 0.200. The minimum absolute atomic E-state index is 0.575. The van der Waals surface area contributed by atoms with Gasteiger partial charge in [-0.3, -0.25) is 0 Å². The summed E-state index contributed by atoms with van der Waals surface area (Å²) < 4.78 is 20.1. The molecule has 1 fully saturated rings. The van der Waals surface area contributed by atoms with Crippen LogP contribution in [-0.4, -0.2) is 0 Å². The molecule has 1 nitrogen and oxygen atoms in total. The fourth-order valence-electron chi connectivity index (χ4n) is 2.24. The maximum Gasteiger partial charge on any atom is 0.269 e. The quantitative estimate of drug-likeness (QED) is 0.713. The minimum Gasteiger partial charge on any atom is -0.322 e. The largest absolute Gasteiger partial charge is 0.322 e. The van der Waals surface area contributed by atoms with Crippen LogP contribution in [0.3, 0.4) is 0 Å². The maximum absolute atomic E-state index is 14.7. The van der Waals surface area contributed by atoms with Crippen LogP contribution in [0.1, 0.15) is 18.1 Å². The predicted molar refractivity (Wildman–Crippen MR) is 64.1 cm³/mol. The van der Waals surface area contributed by atoms with E-state index in [2.05, 4.69) is 0 Å². The van der Waals surface area contributed by atoms with Gasteiger partial charge in [0.2, 0.25) is 0 Å². The molecule has 2 aromatic carbocycles. The average Bonchev–Trinajstić information content (AvgIpc) is 2.97. The number of ether oxygens (including phenoxy) is 1. The normalized spacial score (nSPS) is 31.2.